The lowest BCUT2D eigenvalue weighted by Gasteiger charge is -2.09. The fraction of sp³-hybridized carbons (Fsp3) is 0.312. The van der Waals surface area contributed by atoms with E-state index in [2.05, 4.69) is 36.2 Å². The van der Waals surface area contributed by atoms with E-state index in [1.165, 1.54) is 11.1 Å². The normalized spacial score (nSPS) is 10.6. The summed E-state index contributed by atoms with van der Waals surface area (Å²) >= 11 is 1.74. The van der Waals surface area contributed by atoms with E-state index in [0.29, 0.717) is 6.54 Å². The second-order valence-electron chi connectivity index (χ2n) is 4.76. The van der Waals surface area contributed by atoms with Gasteiger partial charge in [0.05, 0.1) is 12.1 Å². The minimum absolute atomic E-state index is 0.490. The Morgan fingerprint density at radius 3 is 2.65 bits per heavy atom. The number of hydrogen-bond acceptors (Lipinski definition) is 4. The number of methoxy groups -OCH3 is 1. The Bertz CT molecular complexity index is 579. The van der Waals surface area contributed by atoms with Crippen molar-refractivity contribution in [3.05, 3.63) is 52.7 Å². The summed E-state index contributed by atoms with van der Waals surface area (Å²) < 4.78 is 5.29. The maximum atomic E-state index is 5.74. The van der Waals surface area contributed by atoms with Crippen molar-refractivity contribution in [1.29, 1.82) is 0 Å². The van der Waals surface area contributed by atoms with Gasteiger partial charge in [0.25, 0.3) is 0 Å². The first kappa shape index (κ1) is 14.9. The van der Waals surface area contributed by atoms with E-state index in [4.69, 9.17) is 10.5 Å². The molecular weight excluding hydrogens is 268 g/mol. The van der Waals surface area contributed by atoms with Gasteiger partial charge in [-0.1, -0.05) is 6.07 Å². The van der Waals surface area contributed by atoms with Crippen LogP contribution in [0.2, 0.25) is 0 Å². The molecule has 0 amide bonds. The second-order valence-corrected chi connectivity index (χ2v) is 5.76. The molecule has 2 N–H and O–H groups in total. The van der Waals surface area contributed by atoms with Crippen molar-refractivity contribution in [2.75, 3.05) is 7.11 Å². The third-order valence-electron chi connectivity index (χ3n) is 3.03. The Morgan fingerprint density at radius 2 is 2.00 bits per heavy atom. The van der Waals surface area contributed by atoms with Crippen molar-refractivity contribution < 1.29 is 4.74 Å². The number of rotatable bonds is 5. The molecule has 1 aromatic heterocycles. The van der Waals surface area contributed by atoms with Crippen LogP contribution < -0.4 is 10.5 Å². The van der Waals surface area contributed by atoms with Crippen LogP contribution >= 0.6 is 11.8 Å². The molecule has 2 rings (SSSR count). The van der Waals surface area contributed by atoms with E-state index in [1.807, 2.05) is 13.0 Å². The van der Waals surface area contributed by atoms with Gasteiger partial charge in [-0.3, -0.25) is 0 Å². The lowest BCUT2D eigenvalue weighted by molar-refractivity contribution is 0.409. The fourth-order valence-corrected chi connectivity index (χ4v) is 3.09. The Hall–Kier alpha value is -1.52. The molecule has 0 fully saturated rings. The summed E-state index contributed by atoms with van der Waals surface area (Å²) in [4.78, 5) is 4.54. The van der Waals surface area contributed by atoms with E-state index < -0.39 is 0 Å². The second kappa shape index (κ2) is 6.77. The first-order valence-corrected chi connectivity index (χ1v) is 7.55. The molecular formula is C16H20N2OS. The first-order valence-electron chi connectivity index (χ1n) is 6.56. The van der Waals surface area contributed by atoms with Crippen LogP contribution in [-0.2, 0) is 12.3 Å². The van der Waals surface area contributed by atoms with Gasteiger partial charge >= 0.3 is 0 Å². The summed E-state index contributed by atoms with van der Waals surface area (Å²) in [6.07, 6.45) is 0. The van der Waals surface area contributed by atoms with Crippen LogP contribution in [0.3, 0.4) is 0 Å². The summed E-state index contributed by atoms with van der Waals surface area (Å²) in [6, 6.07) is 10.4. The molecule has 0 spiro atoms. The van der Waals surface area contributed by atoms with Gasteiger partial charge in [0.1, 0.15) is 5.75 Å². The molecule has 2 aromatic rings. The predicted molar refractivity (Wildman–Crippen MR) is 84.2 cm³/mol. The highest BCUT2D eigenvalue weighted by atomic mass is 32.2. The molecule has 0 bridgehead atoms. The maximum absolute atomic E-state index is 5.74. The molecule has 0 atom stereocenters. The number of aromatic nitrogens is 1. The molecule has 0 radical (unpaired) electrons. The van der Waals surface area contributed by atoms with Crippen LogP contribution in [0.1, 0.15) is 22.4 Å². The molecule has 0 saturated heterocycles. The zero-order valence-electron chi connectivity index (χ0n) is 12.1. The molecule has 4 heteroatoms. The average molecular weight is 288 g/mol. The standard InChI is InChI=1S/C16H20N2OS/c1-11-6-12(2)18-16(7-11)20-10-13-4-5-15(19-3)14(8-13)9-17/h4-8H,9-10,17H2,1-3H3. The number of nitrogens with zero attached hydrogens (tertiary/aromatic N) is 1. The molecule has 1 aromatic carbocycles. The van der Waals surface area contributed by atoms with Gasteiger partial charge < -0.3 is 10.5 Å². The average Bonchev–Trinajstić information content (AvgIpc) is 2.43. The SMILES string of the molecule is COc1ccc(CSc2cc(C)cc(C)n2)cc1CN. The number of aryl methyl sites for hydroxylation is 2. The van der Waals surface area contributed by atoms with Crippen LogP contribution in [0.5, 0.6) is 5.75 Å². The Balaban J connectivity index is 2.10. The van der Waals surface area contributed by atoms with Gasteiger partial charge in [-0.15, -0.1) is 11.8 Å². The fourth-order valence-electron chi connectivity index (χ4n) is 2.12. The van der Waals surface area contributed by atoms with Gasteiger partial charge in [0.15, 0.2) is 0 Å². The molecule has 0 unspecified atom stereocenters. The van der Waals surface area contributed by atoms with Gasteiger partial charge in [-0.05, 0) is 49.2 Å². The van der Waals surface area contributed by atoms with Crippen LogP contribution in [0.4, 0.5) is 0 Å². The summed E-state index contributed by atoms with van der Waals surface area (Å²) in [7, 11) is 1.67. The Morgan fingerprint density at radius 1 is 1.20 bits per heavy atom. The van der Waals surface area contributed by atoms with Crippen LogP contribution in [0.15, 0.2) is 35.4 Å². The molecule has 3 nitrogen and oxygen atoms in total. The van der Waals surface area contributed by atoms with Crippen molar-refractivity contribution in [3.63, 3.8) is 0 Å². The predicted octanol–water partition coefficient (Wildman–Crippen LogP) is 3.46. The Kier molecular flexibility index (Phi) is 5.04. The zero-order valence-corrected chi connectivity index (χ0v) is 13.0. The lowest BCUT2D eigenvalue weighted by Crippen LogP contribution is -2.00. The van der Waals surface area contributed by atoms with E-state index in [1.54, 1.807) is 18.9 Å². The molecule has 20 heavy (non-hydrogen) atoms. The third kappa shape index (κ3) is 3.74. The van der Waals surface area contributed by atoms with E-state index >= 15 is 0 Å². The number of nitrogens with two attached hydrogens (primary N) is 1. The highest BCUT2D eigenvalue weighted by Gasteiger charge is 2.04. The van der Waals surface area contributed by atoms with Crippen molar-refractivity contribution >= 4 is 11.8 Å². The van der Waals surface area contributed by atoms with Crippen molar-refractivity contribution in [2.45, 2.75) is 31.2 Å². The highest BCUT2D eigenvalue weighted by Crippen LogP contribution is 2.25. The van der Waals surface area contributed by atoms with Gasteiger partial charge in [0, 0.05) is 23.6 Å². The minimum atomic E-state index is 0.490. The molecule has 106 valence electrons. The Labute approximate surface area is 124 Å². The van der Waals surface area contributed by atoms with Crippen LogP contribution in [0, 0.1) is 13.8 Å². The van der Waals surface area contributed by atoms with Crippen LogP contribution in [-0.4, -0.2) is 12.1 Å². The van der Waals surface area contributed by atoms with Crippen molar-refractivity contribution in [1.82, 2.24) is 4.98 Å². The minimum Gasteiger partial charge on any atom is -0.496 e. The van der Waals surface area contributed by atoms with E-state index in [0.717, 1.165) is 27.8 Å². The van der Waals surface area contributed by atoms with Gasteiger partial charge in [0.2, 0.25) is 0 Å². The number of hydrogen-bond donors (Lipinski definition) is 1. The quantitative estimate of drug-likeness (QED) is 0.856. The van der Waals surface area contributed by atoms with Gasteiger partial charge in [-0.2, -0.15) is 0 Å². The van der Waals surface area contributed by atoms with Crippen molar-refractivity contribution in [3.8, 4) is 5.75 Å². The number of ether oxygens (including phenoxy) is 1. The number of benzene rings is 1. The summed E-state index contributed by atoms with van der Waals surface area (Å²) in [6.45, 7) is 4.61. The van der Waals surface area contributed by atoms with Crippen LogP contribution in [0.25, 0.3) is 0 Å². The molecule has 0 aliphatic rings. The number of pyridine rings is 1. The van der Waals surface area contributed by atoms with Crippen molar-refractivity contribution in [2.24, 2.45) is 5.73 Å². The largest absolute Gasteiger partial charge is 0.496 e. The maximum Gasteiger partial charge on any atom is 0.123 e. The number of thioether (sulfide) groups is 1. The van der Waals surface area contributed by atoms with Gasteiger partial charge in [-0.25, -0.2) is 4.98 Å². The third-order valence-corrected chi connectivity index (χ3v) is 4.01. The molecule has 0 aliphatic carbocycles. The zero-order chi connectivity index (χ0) is 14.5. The monoisotopic (exact) mass is 288 g/mol. The summed E-state index contributed by atoms with van der Waals surface area (Å²) in [5.74, 6) is 1.73. The summed E-state index contributed by atoms with van der Waals surface area (Å²) in [5, 5.41) is 1.06. The molecule has 1 heterocycles. The molecule has 0 saturated carbocycles. The first-order chi connectivity index (χ1) is 9.62. The lowest BCUT2D eigenvalue weighted by atomic mass is 10.1. The summed E-state index contributed by atoms with van der Waals surface area (Å²) in [5.41, 5.74) is 10.3. The topological polar surface area (TPSA) is 48.1 Å². The van der Waals surface area contributed by atoms with E-state index in [9.17, 15) is 0 Å². The van der Waals surface area contributed by atoms with E-state index in [-0.39, 0.29) is 0 Å². The smallest absolute Gasteiger partial charge is 0.123 e. The highest BCUT2D eigenvalue weighted by molar-refractivity contribution is 7.98. The molecule has 0 aliphatic heterocycles.